The van der Waals surface area contributed by atoms with Gasteiger partial charge < -0.3 is 45.7 Å². The zero-order valence-corrected chi connectivity index (χ0v) is 33.2. The maximum atomic E-state index is 13.4. The third-order valence-electron chi connectivity index (χ3n) is 10.1. The second-order valence-corrected chi connectivity index (χ2v) is 17.0. The summed E-state index contributed by atoms with van der Waals surface area (Å²) in [7, 11) is -10.2. The molecule has 8 rings (SSSR count). The number of aromatic nitrogens is 10. The number of hydrogen-bond acceptors (Lipinski definition) is 21. The van der Waals surface area contributed by atoms with Crippen molar-refractivity contribution in [1.29, 1.82) is 0 Å². The molecule has 0 bridgehead atoms. The number of nitrogens with zero attached hydrogens (tertiary/aromatic N) is 7. The van der Waals surface area contributed by atoms with Gasteiger partial charge in [-0.1, -0.05) is 0 Å². The van der Waals surface area contributed by atoms with Crippen LogP contribution in [0.3, 0.4) is 0 Å². The number of anilines is 2. The van der Waals surface area contributed by atoms with Gasteiger partial charge in [-0.2, -0.15) is 9.97 Å². The van der Waals surface area contributed by atoms with Crippen molar-refractivity contribution in [2.45, 2.75) is 81.5 Å². The number of phosphoric acid groups is 2. The number of H-pyrrole nitrogens is 3. The van der Waals surface area contributed by atoms with E-state index < -0.39 is 113 Å². The van der Waals surface area contributed by atoms with Gasteiger partial charge in [-0.05, 0) is 6.92 Å². The van der Waals surface area contributed by atoms with Gasteiger partial charge in [0.15, 0.2) is 22.3 Å². The number of ether oxygens (including phenoxy) is 3. The van der Waals surface area contributed by atoms with Crippen LogP contribution in [-0.2, 0) is 41.4 Å². The number of aryl methyl sites for hydroxylation is 1. The Morgan fingerprint density at radius 3 is 1.75 bits per heavy atom. The Balaban J connectivity index is 0.962. The Morgan fingerprint density at radius 2 is 1.21 bits per heavy atom. The minimum absolute atomic E-state index is 0.0381. The molecule has 11 atom stereocenters. The Bertz CT molecular complexity index is 2810. The van der Waals surface area contributed by atoms with Crippen LogP contribution in [0.1, 0.15) is 43.5 Å². The molecule has 29 nitrogen and oxygen atoms in total. The second kappa shape index (κ2) is 16.4. The highest BCUT2D eigenvalue weighted by molar-refractivity contribution is 7.47. The summed E-state index contributed by atoms with van der Waals surface area (Å²) in [6.07, 6.45) is -8.00. The number of aliphatic hydroxyl groups is 2. The van der Waals surface area contributed by atoms with Crippen molar-refractivity contribution in [2.24, 2.45) is 0 Å². The minimum atomic E-state index is -5.10. The fourth-order valence-corrected chi connectivity index (χ4v) is 9.08. The number of nitrogen functional groups attached to an aromatic ring is 2. The molecule has 5 aromatic rings. The van der Waals surface area contributed by atoms with E-state index in [9.17, 15) is 48.3 Å². The highest BCUT2D eigenvalue weighted by Gasteiger charge is 2.46. The number of imidazole rings is 2. The zero-order valence-electron chi connectivity index (χ0n) is 31.4. The number of aromatic amines is 3. The Hall–Kier alpha value is -5.00. The van der Waals surface area contributed by atoms with Crippen molar-refractivity contribution in [3.63, 3.8) is 0 Å². The quantitative estimate of drug-likeness (QED) is 0.0520. The fourth-order valence-electron chi connectivity index (χ4n) is 7.16. The largest absolute Gasteiger partial charge is 0.472 e. The molecule has 0 saturated carbocycles. The van der Waals surface area contributed by atoms with E-state index in [1.54, 1.807) is 0 Å². The van der Waals surface area contributed by atoms with Gasteiger partial charge in [0.05, 0.1) is 38.6 Å². The van der Waals surface area contributed by atoms with Crippen molar-refractivity contribution < 1.29 is 61.4 Å². The molecular weight excluding hydrogens is 862 g/mol. The second-order valence-electron chi connectivity index (χ2n) is 14.2. The monoisotopic (exact) mass is 900 g/mol. The summed E-state index contributed by atoms with van der Waals surface area (Å²) in [5.41, 5.74) is 8.72. The third-order valence-corrected chi connectivity index (χ3v) is 12.1. The Labute approximate surface area is 338 Å². The van der Waals surface area contributed by atoms with Crippen LogP contribution in [0, 0.1) is 6.92 Å². The molecule has 3 fully saturated rings. The molecule has 0 aromatic carbocycles. The number of aliphatic hydroxyl groups excluding tert-OH is 2. The predicted molar refractivity (Wildman–Crippen MR) is 201 cm³/mol. The third kappa shape index (κ3) is 8.73. The number of nitrogens with one attached hydrogen (secondary N) is 3. The Kier molecular flexibility index (Phi) is 11.4. The van der Waals surface area contributed by atoms with Gasteiger partial charge in [0.1, 0.15) is 49.2 Å². The zero-order chi connectivity index (χ0) is 43.5. The van der Waals surface area contributed by atoms with Crippen molar-refractivity contribution in [2.75, 3.05) is 31.3 Å². The van der Waals surface area contributed by atoms with Gasteiger partial charge in [0.2, 0.25) is 11.9 Å². The average molecular weight is 901 g/mol. The number of fused-ring (bicyclic) bond motifs is 2. The van der Waals surface area contributed by atoms with Gasteiger partial charge in [0.25, 0.3) is 16.7 Å². The van der Waals surface area contributed by atoms with E-state index >= 15 is 0 Å². The summed E-state index contributed by atoms with van der Waals surface area (Å²) >= 11 is 0. The van der Waals surface area contributed by atoms with E-state index in [2.05, 4.69) is 34.9 Å². The lowest BCUT2D eigenvalue weighted by Crippen LogP contribution is -2.33. The van der Waals surface area contributed by atoms with Crippen LogP contribution in [-0.4, -0.2) is 125 Å². The van der Waals surface area contributed by atoms with Gasteiger partial charge in [0, 0.05) is 31.0 Å². The summed E-state index contributed by atoms with van der Waals surface area (Å²) in [5.74, 6) is -0.464. The molecule has 61 heavy (non-hydrogen) atoms. The Morgan fingerprint density at radius 1 is 0.738 bits per heavy atom. The van der Waals surface area contributed by atoms with Gasteiger partial charge >= 0.3 is 21.3 Å². The average Bonchev–Trinajstić information content (AvgIpc) is 4.02. The standard InChI is InChI=1S/C30H38N12O17P2/c1-11-5-40(30(48)39-25(11)45)18-2-12(44)16(56-18)7-53-60(49,50)59-14-4-20(42-10-34-22-24(42)36-29(32)38-27(22)47)57-17(14)8-54-61(51,52)58-13-3-19(55-15(13)6-43)41-9-33-21-23(41)35-28(31)37-26(21)46/h5,9-10,12-20,43-44H,2-4,6-8H2,1H3,(H,49,50)(H,51,52)(H,39,45,48)(H3,31,35,37,46)(H3,32,36,38,47)/t12-,13-,14-,15+,16+,17+,18+,19+,20+/m0/s1. The molecule has 3 aliphatic rings. The fraction of sp³-hybridized carbons (Fsp3) is 0.533. The van der Waals surface area contributed by atoms with Crippen LogP contribution in [0.4, 0.5) is 11.9 Å². The maximum absolute atomic E-state index is 13.4. The topological polar surface area (TPSA) is 414 Å². The van der Waals surface area contributed by atoms with Gasteiger partial charge in [-0.15, -0.1) is 0 Å². The molecule has 0 radical (unpaired) electrons. The van der Waals surface area contributed by atoms with E-state index in [1.807, 2.05) is 0 Å². The number of phosphoric ester groups is 2. The van der Waals surface area contributed by atoms with Crippen LogP contribution in [0.5, 0.6) is 0 Å². The lowest BCUT2D eigenvalue weighted by Gasteiger charge is -2.24. The maximum Gasteiger partial charge on any atom is 0.472 e. The van der Waals surface area contributed by atoms with Crippen LogP contribution < -0.4 is 33.8 Å². The molecule has 0 spiro atoms. The lowest BCUT2D eigenvalue weighted by molar-refractivity contribution is -0.0606. The predicted octanol–water partition coefficient (Wildman–Crippen LogP) is -2.50. The van der Waals surface area contributed by atoms with E-state index in [0.29, 0.717) is 0 Å². The lowest BCUT2D eigenvalue weighted by atomic mass is 10.2. The molecule has 11 N–H and O–H groups in total. The first kappa shape index (κ1) is 42.7. The molecule has 5 aromatic heterocycles. The van der Waals surface area contributed by atoms with Crippen LogP contribution in [0.15, 0.2) is 38.0 Å². The summed E-state index contributed by atoms with van der Waals surface area (Å²) in [4.78, 5) is 93.6. The molecule has 8 heterocycles. The number of rotatable bonds is 14. The number of nitrogens with two attached hydrogens (primary N) is 2. The van der Waals surface area contributed by atoms with Gasteiger partial charge in [-0.25, -0.2) is 23.9 Å². The van der Waals surface area contributed by atoms with Gasteiger partial charge in [-0.3, -0.25) is 61.1 Å². The molecule has 2 unspecified atom stereocenters. The van der Waals surface area contributed by atoms with Crippen molar-refractivity contribution in [3.05, 3.63) is 66.0 Å². The summed E-state index contributed by atoms with van der Waals surface area (Å²) in [5, 5.41) is 20.7. The van der Waals surface area contributed by atoms with E-state index in [0.717, 1.165) is 4.57 Å². The highest BCUT2D eigenvalue weighted by Crippen LogP contribution is 2.52. The number of hydrogen-bond donors (Lipinski definition) is 9. The first-order valence-corrected chi connectivity index (χ1v) is 21.2. The van der Waals surface area contributed by atoms with Crippen molar-refractivity contribution in [3.8, 4) is 0 Å². The van der Waals surface area contributed by atoms with E-state index in [4.69, 9.17) is 43.8 Å². The first-order valence-electron chi connectivity index (χ1n) is 18.2. The molecule has 0 amide bonds. The molecule has 0 aliphatic carbocycles. The van der Waals surface area contributed by atoms with Crippen LogP contribution in [0.2, 0.25) is 0 Å². The SMILES string of the molecule is Cc1cn([C@H]2C[C@H](O)[C@@H](COP(=O)(O)O[C@H]3C[C@H](n4cnc5c(=O)[nH]c(N)nc54)O[C@@H]3COP(=O)(O)O[C@H]3C[C@H](n4cnc5c(=O)[nH]c(N)nc54)O[C@@H]3CO)O2)c(=O)[nH]c1=O. The molecule has 330 valence electrons. The van der Waals surface area contributed by atoms with Crippen LogP contribution >= 0.6 is 15.6 Å². The first-order chi connectivity index (χ1) is 28.9. The highest BCUT2D eigenvalue weighted by atomic mass is 31.2. The molecule has 31 heteroatoms. The molecule has 3 aliphatic heterocycles. The molecule has 3 saturated heterocycles. The van der Waals surface area contributed by atoms with Crippen molar-refractivity contribution >= 4 is 49.9 Å². The van der Waals surface area contributed by atoms with Crippen LogP contribution in [0.25, 0.3) is 22.3 Å². The van der Waals surface area contributed by atoms with E-state index in [-0.39, 0.29) is 59.1 Å². The van der Waals surface area contributed by atoms with E-state index in [1.165, 1.54) is 34.9 Å². The minimum Gasteiger partial charge on any atom is -0.394 e. The smallest absolute Gasteiger partial charge is 0.394 e. The molecular formula is C30H38N12O17P2. The summed E-state index contributed by atoms with van der Waals surface area (Å²) in [6.45, 7) is -0.755. The summed E-state index contributed by atoms with van der Waals surface area (Å²) in [6, 6.07) is 0. The summed E-state index contributed by atoms with van der Waals surface area (Å²) < 4.78 is 69.4. The normalized spacial score (nSPS) is 28.8. The van der Waals surface area contributed by atoms with Crippen molar-refractivity contribution in [1.82, 2.24) is 48.6 Å².